The predicted octanol–water partition coefficient (Wildman–Crippen LogP) is 1.90. The Morgan fingerprint density at radius 1 is 1.37 bits per heavy atom. The molecule has 0 aliphatic heterocycles. The van der Waals surface area contributed by atoms with Gasteiger partial charge in [-0.25, -0.2) is 0 Å². The van der Waals surface area contributed by atoms with Crippen LogP contribution in [0.1, 0.15) is 25.5 Å². The van der Waals surface area contributed by atoms with Crippen LogP contribution in [0.2, 0.25) is 0 Å². The van der Waals surface area contributed by atoms with Crippen molar-refractivity contribution in [1.82, 2.24) is 10.2 Å². The Kier molecular flexibility index (Phi) is 5.79. The van der Waals surface area contributed by atoms with Gasteiger partial charge in [0.15, 0.2) is 0 Å². The van der Waals surface area contributed by atoms with E-state index in [4.69, 9.17) is 0 Å². The lowest BCUT2D eigenvalue weighted by molar-refractivity contribution is -0.136. The van der Waals surface area contributed by atoms with Gasteiger partial charge in [-0.15, -0.1) is 6.58 Å². The van der Waals surface area contributed by atoms with Crippen molar-refractivity contribution in [3.8, 4) is 0 Å². The van der Waals surface area contributed by atoms with E-state index in [0.29, 0.717) is 6.54 Å². The summed E-state index contributed by atoms with van der Waals surface area (Å²) in [5.41, 5.74) is 1.01. The van der Waals surface area contributed by atoms with Crippen LogP contribution in [0.4, 0.5) is 0 Å². The van der Waals surface area contributed by atoms with Crippen molar-refractivity contribution in [3.05, 3.63) is 48.6 Å². The van der Waals surface area contributed by atoms with Gasteiger partial charge in [0.25, 0.3) is 0 Å². The highest BCUT2D eigenvalue weighted by atomic mass is 16.2. The van der Waals surface area contributed by atoms with Crippen molar-refractivity contribution in [2.45, 2.75) is 19.9 Å². The van der Waals surface area contributed by atoms with E-state index in [0.717, 1.165) is 5.56 Å². The fraction of sp³-hybridized carbons (Fsp3) is 0.333. The first-order valence-electron chi connectivity index (χ1n) is 6.26. The second-order valence-electron chi connectivity index (χ2n) is 4.33. The Morgan fingerprint density at radius 3 is 2.53 bits per heavy atom. The normalized spacial score (nSPS) is 11.5. The van der Waals surface area contributed by atoms with Crippen molar-refractivity contribution < 1.29 is 9.59 Å². The van der Waals surface area contributed by atoms with E-state index in [1.54, 1.807) is 11.0 Å². The largest absolute Gasteiger partial charge is 0.351 e. The van der Waals surface area contributed by atoms with E-state index >= 15 is 0 Å². The molecular weight excluding hydrogens is 240 g/mol. The van der Waals surface area contributed by atoms with Crippen molar-refractivity contribution in [2.24, 2.45) is 0 Å². The van der Waals surface area contributed by atoms with E-state index in [9.17, 15) is 9.59 Å². The lowest BCUT2D eigenvalue weighted by Gasteiger charge is -2.28. The van der Waals surface area contributed by atoms with Gasteiger partial charge < -0.3 is 10.2 Å². The summed E-state index contributed by atoms with van der Waals surface area (Å²) in [6, 6.07) is 9.52. The topological polar surface area (TPSA) is 49.4 Å². The van der Waals surface area contributed by atoms with Gasteiger partial charge in [0.05, 0.1) is 6.04 Å². The van der Waals surface area contributed by atoms with Gasteiger partial charge in [-0.3, -0.25) is 9.59 Å². The molecule has 1 N–H and O–H groups in total. The maximum atomic E-state index is 11.7. The first-order valence-corrected chi connectivity index (χ1v) is 6.26. The van der Waals surface area contributed by atoms with Gasteiger partial charge in [-0.05, 0) is 12.5 Å². The summed E-state index contributed by atoms with van der Waals surface area (Å²) in [6.45, 7) is 7.38. The molecule has 0 radical (unpaired) electrons. The molecule has 1 atom stereocenters. The Hall–Kier alpha value is -2.10. The number of carbonyl (C=O) groups is 2. The molecule has 102 valence electrons. The SMILES string of the molecule is C=CCNC(=O)CN(C(C)=O)C(C)c1ccccc1. The summed E-state index contributed by atoms with van der Waals surface area (Å²) in [7, 11) is 0. The second kappa shape index (κ2) is 7.36. The second-order valence-corrected chi connectivity index (χ2v) is 4.33. The van der Waals surface area contributed by atoms with Crippen molar-refractivity contribution >= 4 is 11.8 Å². The highest BCUT2D eigenvalue weighted by molar-refractivity contribution is 5.84. The highest BCUT2D eigenvalue weighted by Gasteiger charge is 2.20. The molecule has 1 rings (SSSR count). The molecule has 1 aromatic rings. The van der Waals surface area contributed by atoms with Crippen LogP contribution in [-0.4, -0.2) is 29.8 Å². The molecular formula is C15H20N2O2. The average molecular weight is 260 g/mol. The van der Waals surface area contributed by atoms with Gasteiger partial charge in [0, 0.05) is 13.5 Å². The molecule has 1 aromatic carbocycles. The summed E-state index contributed by atoms with van der Waals surface area (Å²) in [5, 5.41) is 2.67. The number of hydrogen-bond acceptors (Lipinski definition) is 2. The number of amides is 2. The first-order chi connectivity index (χ1) is 9.06. The first kappa shape index (κ1) is 15.0. The molecule has 0 heterocycles. The molecule has 0 fully saturated rings. The Morgan fingerprint density at radius 2 is 2.00 bits per heavy atom. The number of benzene rings is 1. The van der Waals surface area contributed by atoms with Gasteiger partial charge in [-0.2, -0.15) is 0 Å². The van der Waals surface area contributed by atoms with E-state index in [1.165, 1.54) is 6.92 Å². The van der Waals surface area contributed by atoms with Gasteiger partial charge >= 0.3 is 0 Å². The molecule has 0 saturated heterocycles. The van der Waals surface area contributed by atoms with Crippen LogP contribution in [0.15, 0.2) is 43.0 Å². The standard InChI is InChI=1S/C15H20N2O2/c1-4-10-16-15(19)11-17(13(3)18)12(2)14-8-6-5-7-9-14/h4-9,12H,1,10-11H2,2-3H3,(H,16,19). The fourth-order valence-corrected chi connectivity index (χ4v) is 1.83. The summed E-state index contributed by atoms with van der Waals surface area (Å²) >= 11 is 0. The molecule has 0 aromatic heterocycles. The van der Waals surface area contributed by atoms with E-state index in [-0.39, 0.29) is 24.4 Å². The van der Waals surface area contributed by atoms with Crippen molar-refractivity contribution in [2.75, 3.05) is 13.1 Å². The molecule has 0 aliphatic rings. The molecule has 0 bridgehead atoms. The van der Waals surface area contributed by atoms with E-state index < -0.39 is 0 Å². The molecule has 19 heavy (non-hydrogen) atoms. The van der Waals surface area contributed by atoms with Gasteiger partial charge in [0.1, 0.15) is 6.54 Å². The quantitative estimate of drug-likeness (QED) is 0.794. The Labute approximate surface area is 114 Å². The fourth-order valence-electron chi connectivity index (χ4n) is 1.83. The monoisotopic (exact) mass is 260 g/mol. The van der Waals surface area contributed by atoms with Crippen LogP contribution in [0, 0.1) is 0 Å². The molecule has 4 nitrogen and oxygen atoms in total. The average Bonchev–Trinajstić information content (AvgIpc) is 2.42. The molecule has 0 spiro atoms. The molecule has 4 heteroatoms. The summed E-state index contributed by atoms with van der Waals surface area (Å²) in [6.07, 6.45) is 1.61. The zero-order valence-electron chi connectivity index (χ0n) is 11.4. The molecule has 2 amide bonds. The Bertz CT molecular complexity index is 443. The molecule has 1 unspecified atom stereocenters. The third-order valence-electron chi connectivity index (χ3n) is 2.91. The van der Waals surface area contributed by atoms with E-state index in [1.807, 2.05) is 37.3 Å². The highest BCUT2D eigenvalue weighted by Crippen LogP contribution is 2.19. The van der Waals surface area contributed by atoms with Crippen LogP contribution in [-0.2, 0) is 9.59 Å². The zero-order chi connectivity index (χ0) is 14.3. The number of nitrogens with zero attached hydrogens (tertiary/aromatic N) is 1. The Balaban J connectivity index is 2.75. The lowest BCUT2D eigenvalue weighted by atomic mass is 10.1. The number of carbonyl (C=O) groups excluding carboxylic acids is 2. The predicted molar refractivity (Wildman–Crippen MR) is 75.5 cm³/mol. The summed E-state index contributed by atoms with van der Waals surface area (Å²) in [4.78, 5) is 24.9. The maximum absolute atomic E-state index is 11.7. The molecule has 0 aliphatic carbocycles. The number of nitrogens with one attached hydrogen (secondary N) is 1. The van der Waals surface area contributed by atoms with Crippen molar-refractivity contribution in [1.29, 1.82) is 0 Å². The van der Waals surface area contributed by atoms with Crippen LogP contribution in [0.3, 0.4) is 0 Å². The van der Waals surface area contributed by atoms with Gasteiger partial charge in [0.2, 0.25) is 11.8 Å². The smallest absolute Gasteiger partial charge is 0.239 e. The lowest BCUT2D eigenvalue weighted by Crippen LogP contribution is -2.41. The van der Waals surface area contributed by atoms with Gasteiger partial charge in [-0.1, -0.05) is 36.4 Å². The minimum atomic E-state index is -0.183. The van der Waals surface area contributed by atoms with Crippen LogP contribution < -0.4 is 5.32 Å². The third-order valence-corrected chi connectivity index (χ3v) is 2.91. The van der Waals surface area contributed by atoms with Crippen molar-refractivity contribution in [3.63, 3.8) is 0 Å². The summed E-state index contributed by atoms with van der Waals surface area (Å²) in [5.74, 6) is -0.303. The maximum Gasteiger partial charge on any atom is 0.239 e. The van der Waals surface area contributed by atoms with Crippen LogP contribution >= 0.6 is 0 Å². The van der Waals surface area contributed by atoms with Crippen LogP contribution in [0.25, 0.3) is 0 Å². The summed E-state index contributed by atoms with van der Waals surface area (Å²) < 4.78 is 0. The number of hydrogen-bond donors (Lipinski definition) is 1. The van der Waals surface area contributed by atoms with Crippen LogP contribution in [0.5, 0.6) is 0 Å². The zero-order valence-corrected chi connectivity index (χ0v) is 11.4. The third kappa shape index (κ3) is 4.58. The minimum absolute atomic E-state index is 0.0548. The number of rotatable bonds is 6. The van der Waals surface area contributed by atoms with E-state index in [2.05, 4.69) is 11.9 Å². The minimum Gasteiger partial charge on any atom is -0.351 e. The molecule has 0 saturated carbocycles.